The number of benzene rings is 1. The van der Waals surface area contributed by atoms with Crippen molar-refractivity contribution in [1.29, 1.82) is 0 Å². The van der Waals surface area contributed by atoms with Gasteiger partial charge in [-0.05, 0) is 24.3 Å². The zero-order chi connectivity index (χ0) is 18.9. The molecular weight excluding hydrogens is 360 g/mol. The second kappa shape index (κ2) is 7.40. The van der Waals surface area contributed by atoms with Gasteiger partial charge in [-0.15, -0.1) is 11.3 Å². The van der Waals surface area contributed by atoms with Crippen molar-refractivity contribution in [2.45, 2.75) is 25.4 Å². The molecule has 3 atom stereocenters. The fourth-order valence-corrected chi connectivity index (χ4v) is 5.26. The van der Waals surface area contributed by atoms with Crippen molar-refractivity contribution >= 4 is 23.2 Å². The lowest BCUT2D eigenvalue weighted by Crippen LogP contribution is -2.44. The number of hydrogen-bond donors (Lipinski definition) is 2. The number of nitrogens with one attached hydrogen (secondary N) is 2. The van der Waals surface area contributed by atoms with Gasteiger partial charge < -0.3 is 10.6 Å². The predicted octanol–water partition coefficient (Wildman–Crippen LogP) is 1.90. The number of thiazole rings is 1. The quantitative estimate of drug-likeness (QED) is 0.826. The van der Waals surface area contributed by atoms with Crippen LogP contribution in [0.2, 0.25) is 0 Å². The van der Waals surface area contributed by atoms with Crippen LogP contribution in [-0.2, 0) is 11.3 Å². The number of rotatable bonds is 5. The molecule has 1 aromatic heterocycles. The SMILES string of the molecule is CNC(=O)[C@]12C[C@@H](NC(=O)c3cscn3)C[C@H]1CN(Cc1ccccc1)C2. The summed E-state index contributed by atoms with van der Waals surface area (Å²) in [6.07, 6.45) is 1.51. The van der Waals surface area contributed by atoms with E-state index in [-0.39, 0.29) is 23.8 Å². The normalized spacial score (nSPS) is 27.3. The van der Waals surface area contributed by atoms with Crippen LogP contribution in [0, 0.1) is 11.3 Å². The number of fused-ring (bicyclic) bond motifs is 1. The monoisotopic (exact) mass is 384 g/mol. The van der Waals surface area contributed by atoms with E-state index in [1.54, 1.807) is 17.9 Å². The molecule has 2 N–H and O–H groups in total. The molecule has 0 unspecified atom stereocenters. The number of nitrogens with zero attached hydrogens (tertiary/aromatic N) is 2. The Labute approximate surface area is 163 Å². The summed E-state index contributed by atoms with van der Waals surface area (Å²) in [6, 6.07) is 10.4. The number of aromatic nitrogens is 1. The van der Waals surface area contributed by atoms with E-state index in [0.29, 0.717) is 12.1 Å². The number of likely N-dealkylation sites (tertiary alicyclic amines) is 1. The number of amides is 2. The van der Waals surface area contributed by atoms with E-state index in [2.05, 4.69) is 32.7 Å². The Balaban J connectivity index is 1.46. The molecular formula is C20H24N4O2S. The van der Waals surface area contributed by atoms with Gasteiger partial charge in [0.2, 0.25) is 5.91 Å². The molecule has 1 aromatic carbocycles. The molecule has 1 aliphatic carbocycles. The number of hydrogen-bond acceptors (Lipinski definition) is 5. The lowest BCUT2D eigenvalue weighted by molar-refractivity contribution is -0.131. The molecule has 0 radical (unpaired) electrons. The first-order valence-electron chi connectivity index (χ1n) is 9.28. The summed E-state index contributed by atoms with van der Waals surface area (Å²) < 4.78 is 0. The van der Waals surface area contributed by atoms with Gasteiger partial charge >= 0.3 is 0 Å². The second-order valence-corrected chi connectivity index (χ2v) is 8.29. The van der Waals surface area contributed by atoms with Gasteiger partial charge in [0.1, 0.15) is 5.69 Å². The molecule has 0 bridgehead atoms. The molecule has 7 heteroatoms. The van der Waals surface area contributed by atoms with E-state index in [1.165, 1.54) is 16.9 Å². The van der Waals surface area contributed by atoms with Crippen molar-refractivity contribution in [3.05, 3.63) is 52.5 Å². The first-order valence-corrected chi connectivity index (χ1v) is 10.2. The van der Waals surface area contributed by atoms with E-state index in [0.717, 1.165) is 26.1 Å². The number of carbonyl (C=O) groups excluding carboxylic acids is 2. The van der Waals surface area contributed by atoms with Crippen LogP contribution in [0.3, 0.4) is 0 Å². The summed E-state index contributed by atoms with van der Waals surface area (Å²) in [7, 11) is 1.70. The molecule has 4 rings (SSSR count). The first-order chi connectivity index (χ1) is 13.1. The van der Waals surface area contributed by atoms with Gasteiger partial charge in [0, 0.05) is 38.1 Å². The van der Waals surface area contributed by atoms with Crippen LogP contribution in [-0.4, -0.2) is 47.9 Å². The maximum atomic E-state index is 12.8. The molecule has 1 saturated carbocycles. The van der Waals surface area contributed by atoms with Gasteiger partial charge in [0.05, 0.1) is 10.9 Å². The van der Waals surface area contributed by atoms with Crippen LogP contribution in [0.15, 0.2) is 41.2 Å². The Morgan fingerprint density at radius 2 is 2.15 bits per heavy atom. The van der Waals surface area contributed by atoms with Crippen molar-refractivity contribution in [3.63, 3.8) is 0 Å². The molecule has 2 aromatic rings. The lowest BCUT2D eigenvalue weighted by atomic mass is 9.80. The van der Waals surface area contributed by atoms with Crippen molar-refractivity contribution in [2.75, 3.05) is 20.1 Å². The minimum Gasteiger partial charge on any atom is -0.359 e. The number of carbonyl (C=O) groups is 2. The maximum absolute atomic E-state index is 12.8. The molecule has 2 aliphatic rings. The summed E-state index contributed by atoms with van der Waals surface area (Å²) in [5, 5.41) is 7.70. The Bertz CT molecular complexity index is 811. The third kappa shape index (κ3) is 3.49. The maximum Gasteiger partial charge on any atom is 0.270 e. The topological polar surface area (TPSA) is 74.3 Å². The summed E-state index contributed by atoms with van der Waals surface area (Å²) >= 11 is 1.41. The summed E-state index contributed by atoms with van der Waals surface area (Å²) in [5.41, 5.74) is 2.95. The highest BCUT2D eigenvalue weighted by atomic mass is 32.1. The summed E-state index contributed by atoms with van der Waals surface area (Å²) in [5.74, 6) is 0.199. The van der Waals surface area contributed by atoms with Gasteiger partial charge in [-0.25, -0.2) is 4.98 Å². The average Bonchev–Trinajstić information content (AvgIpc) is 3.37. The Kier molecular flexibility index (Phi) is 4.97. The molecule has 2 heterocycles. The van der Waals surface area contributed by atoms with E-state index in [9.17, 15) is 9.59 Å². The Hall–Kier alpha value is -2.25. The molecule has 1 saturated heterocycles. The van der Waals surface area contributed by atoms with Crippen LogP contribution in [0.5, 0.6) is 0 Å². The average molecular weight is 385 g/mol. The van der Waals surface area contributed by atoms with E-state index in [1.807, 2.05) is 18.2 Å². The van der Waals surface area contributed by atoms with Gasteiger partial charge in [0.25, 0.3) is 5.91 Å². The third-order valence-electron chi connectivity index (χ3n) is 5.87. The molecule has 6 nitrogen and oxygen atoms in total. The Morgan fingerprint density at radius 1 is 1.33 bits per heavy atom. The van der Waals surface area contributed by atoms with E-state index >= 15 is 0 Å². The van der Waals surface area contributed by atoms with Gasteiger partial charge in [0.15, 0.2) is 0 Å². The third-order valence-corrected chi connectivity index (χ3v) is 6.46. The smallest absolute Gasteiger partial charge is 0.270 e. The molecule has 0 spiro atoms. The van der Waals surface area contributed by atoms with Crippen molar-refractivity contribution in [2.24, 2.45) is 11.3 Å². The van der Waals surface area contributed by atoms with Crippen molar-refractivity contribution in [3.8, 4) is 0 Å². The van der Waals surface area contributed by atoms with Crippen LogP contribution in [0.25, 0.3) is 0 Å². The molecule has 142 valence electrons. The first kappa shape index (κ1) is 18.1. The van der Waals surface area contributed by atoms with Gasteiger partial charge in [-0.1, -0.05) is 30.3 Å². The zero-order valence-electron chi connectivity index (χ0n) is 15.4. The molecule has 27 heavy (non-hydrogen) atoms. The highest BCUT2D eigenvalue weighted by Crippen LogP contribution is 2.49. The molecule has 2 amide bonds. The highest BCUT2D eigenvalue weighted by Gasteiger charge is 2.57. The Morgan fingerprint density at radius 3 is 2.85 bits per heavy atom. The van der Waals surface area contributed by atoms with Crippen LogP contribution >= 0.6 is 11.3 Å². The fourth-order valence-electron chi connectivity index (χ4n) is 4.73. The van der Waals surface area contributed by atoms with Crippen molar-refractivity contribution in [1.82, 2.24) is 20.5 Å². The minimum atomic E-state index is -0.427. The molecule has 2 fully saturated rings. The summed E-state index contributed by atoms with van der Waals surface area (Å²) in [4.78, 5) is 31.6. The van der Waals surface area contributed by atoms with Gasteiger partial charge in [-0.2, -0.15) is 0 Å². The lowest BCUT2D eigenvalue weighted by Gasteiger charge is -2.27. The van der Waals surface area contributed by atoms with Crippen LogP contribution < -0.4 is 10.6 Å². The highest BCUT2D eigenvalue weighted by molar-refractivity contribution is 7.07. The zero-order valence-corrected chi connectivity index (χ0v) is 16.2. The molecule has 1 aliphatic heterocycles. The predicted molar refractivity (Wildman–Crippen MR) is 104 cm³/mol. The minimum absolute atomic E-state index is 0.0142. The fraction of sp³-hybridized carbons (Fsp3) is 0.450. The van der Waals surface area contributed by atoms with Crippen LogP contribution in [0.4, 0.5) is 0 Å². The second-order valence-electron chi connectivity index (χ2n) is 7.57. The van der Waals surface area contributed by atoms with E-state index in [4.69, 9.17) is 0 Å². The van der Waals surface area contributed by atoms with Crippen molar-refractivity contribution < 1.29 is 9.59 Å². The standard InChI is InChI=1S/C20H24N4O2S/c1-21-19(26)20-8-16(23-18(25)17-11-27-13-22-17)7-15(20)10-24(12-20)9-14-5-3-2-4-6-14/h2-6,11,13,15-16H,7-10,12H2,1H3,(H,21,26)(H,23,25)/t15-,16-,20-/m0/s1. The summed E-state index contributed by atoms with van der Waals surface area (Å²) in [6.45, 7) is 2.46. The van der Waals surface area contributed by atoms with Crippen LogP contribution in [0.1, 0.15) is 28.9 Å². The largest absolute Gasteiger partial charge is 0.359 e. The van der Waals surface area contributed by atoms with Gasteiger partial charge in [-0.3, -0.25) is 14.5 Å². The van der Waals surface area contributed by atoms with E-state index < -0.39 is 5.41 Å².